The van der Waals surface area contributed by atoms with E-state index in [1.165, 1.54) is 19.3 Å². The molecule has 0 heteroatoms. The summed E-state index contributed by atoms with van der Waals surface area (Å²) in [5.41, 5.74) is 0. The Morgan fingerprint density at radius 3 is 1.71 bits per heavy atom. The van der Waals surface area contributed by atoms with Gasteiger partial charge in [-0.25, -0.2) is 0 Å². The van der Waals surface area contributed by atoms with Crippen LogP contribution in [0.5, 0.6) is 0 Å². The van der Waals surface area contributed by atoms with Crippen LogP contribution in [0.4, 0.5) is 0 Å². The summed E-state index contributed by atoms with van der Waals surface area (Å²) in [6.07, 6.45) is 9.19. The molecular formula is C7H10. The van der Waals surface area contributed by atoms with Gasteiger partial charge in [0.2, 0.25) is 0 Å². The SMILES string of the molecule is C1=[12CH]C2CCC1C2. The molecule has 2 aliphatic carbocycles. The van der Waals surface area contributed by atoms with Crippen LogP contribution in [0.3, 0.4) is 0 Å². The van der Waals surface area contributed by atoms with Crippen molar-refractivity contribution >= 4 is 0 Å². The molecule has 2 atom stereocenters. The van der Waals surface area contributed by atoms with Crippen LogP contribution in [0, 0.1) is 11.8 Å². The van der Waals surface area contributed by atoms with Gasteiger partial charge in [0.25, 0.3) is 0 Å². The normalized spacial score (nSPS) is 45.7. The fourth-order valence-electron chi connectivity index (χ4n) is 1.72. The van der Waals surface area contributed by atoms with Gasteiger partial charge in [0, 0.05) is 0 Å². The van der Waals surface area contributed by atoms with Crippen molar-refractivity contribution in [1.29, 1.82) is 0 Å². The predicted octanol–water partition coefficient (Wildman–Crippen LogP) is 1.97. The molecule has 2 unspecified atom stereocenters. The van der Waals surface area contributed by atoms with Gasteiger partial charge in [-0.3, -0.25) is 0 Å². The van der Waals surface area contributed by atoms with Crippen LogP contribution in [0.1, 0.15) is 19.3 Å². The lowest BCUT2D eigenvalue weighted by Gasteiger charge is -1.96. The molecule has 0 spiro atoms. The molecule has 0 saturated heterocycles. The number of allylic oxidation sites excluding steroid dienone is 2. The van der Waals surface area contributed by atoms with Gasteiger partial charge in [0.05, 0.1) is 0 Å². The number of hydrogen-bond donors (Lipinski definition) is 0. The van der Waals surface area contributed by atoms with E-state index in [1.54, 1.807) is 0 Å². The highest BCUT2D eigenvalue weighted by Crippen LogP contribution is 2.38. The fraction of sp³-hybridized carbons (Fsp3) is 0.714. The lowest BCUT2D eigenvalue weighted by molar-refractivity contribution is 0.691. The summed E-state index contributed by atoms with van der Waals surface area (Å²) in [4.78, 5) is 0. The lowest BCUT2D eigenvalue weighted by Crippen LogP contribution is -1.82. The average Bonchev–Trinajstić information content (AvgIpc) is 2.22. The second-order valence-electron chi connectivity index (χ2n) is 2.72. The first-order valence-electron chi connectivity index (χ1n) is 3.13. The van der Waals surface area contributed by atoms with Crippen molar-refractivity contribution in [3.05, 3.63) is 12.2 Å². The Balaban J connectivity index is 2.27. The van der Waals surface area contributed by atoms with Gasteiger partial charge >= 0.3 is 0 Å². The van der Waals surface area contributed by atoms with E-state index >= 15 is 0 Å². The highest BCUT2D eigenvalue weighted by Gasteiger charge is 2.25. The highest BCUT2D eigenvalue weighted by atomic mass is 14.3. The third-order valence-corrected chi connectivity index (χ3v) is 2.17. The van der Waals surface area contributed by atoms with Crippen LogP contribution in [-0.2, 0) is 0 Å². The molecule has 2 aliphatic rings. The average molecular weight is 94.1 g/mol. The summed E-state index contributed by atoms with van der Waals surface area (Å²) < 4.78 is 0. The highest BCUT2D eigenvalue weighted by molar-refractivity contribution is 5.06. The minimum Gasteiger partial charge on any atom is -0.0851 e. The van der Waals surface area contributed by atoms with Crippen LogP contribution in [0.2, 0.25) is 0 Å². The van der Waals surface area contributed by atoms with Gasteiger partial charge in [-0.05, 0) is 31.1 Å². The minimum atomic E-state index is 0.991. The number of rotatable bonds is 0. The maximum absolute atomic E-state index is 2.38. The summed E-state index contributed by atoms with van der Waals surface area (Å²) in [6.45, 7) is 0. The monoisotopic (exact) mass is 94.1 g/mol. The van der Waals surface area contributed by atoms with Crippen molar-refractivity contribution in [2.45, 2.75) is 19.3 Å². The minimum absolute atomic E-state index is 0.991. The van der Waals surface area contributed by atoms with Crippen molar-refractivity contribution in [1.82, 2.24) is 0 Å². The standard InChI is InChI=1S/C7H10/c1-2-7-4-3-6(1)5-7/h1-2,6-7H,3-5H2/i1+0. The van der Waals surface area contributed by atoms with Gasteiger partial charge in [-0.1, -0.05) is 12.2 Å². The van der Waals surface area contributed by atoms with E-state index in [9.17, 15) is 0 Å². The quantitative estimate of drug-likeness (QED) is 0.402. The Morgan fingerprint density at radius 2 is 1.57 bits per heavy atom. The number of fused-ring (bicyclic) bond motifs is 2. The van der Waals surface area contributed by atoms with Crippen molar-refractivity contribution in [2.24, 2.45) is 11.8 Å². The Labute approximate surface area is 44.2 Å². The van der Waals surface area contributed by atoms with Gasteiger partial charge in [0.1, 0.15) is 0 Å². The summed E-state index contributed by atoms with van der Waals surface area (Å²) >= 11 is 0. The maximum Gasteiger partial charge on any atom is -0.0228 e. The Kier molecular flexibility index (Phi) is 0.592. The topological polar surface area (TPSA) is 0 Å². The molecule has 0 aliphatic heterocycles. The van der Waals surface area contributed by atoms with E-state index in [4.69, 9.17) is 0 Å². The molecule has 0 N–H and O–H groups in total. The van der Waals surface area contributed by atoms with Crippen LogP contribution in [0.25, 0.3) is 0 Å². The molecule has 0 aromatic heterocycles. The fourth-order valence-corrected chi connectivity index (χ4v) is 1.72. The molecule has 0 radical (unpaired) electrons. The molecule has 0 heterocycles. The van der Waals surface area contributed by atoms with Gasteiger partial charge in [0.15, 0.2) is 0 Å². The second-order valence-corrected chi connectivity index (χ2v) is 2.72. The summed E-state index contributed by atoms with van der Waals surface area (Å²) in [5, 5.41) is 0. The molecule has 2 rings (SSSR count). The maximum atomic E-state index is 2.38. The Morgan fingerprint density at radius 1 is 1.00 bits per heavy atom. The molecule has 7 heavy (non-hydrogen) atoms. The van der Waals surface area contributed by atoms with Crippen LogP contribution < -0.4 is 0 Å². The van der Waals surface area contributed by atoms with Crippen molar-refractivity contribution in [3.63, 3.8) is 0 Å². The lowest BCUT2D eigenvalue weighted by atomic mass is 10.1. The first kappa shape index (κ1) is 3.71. The van der Waals surface area contributed by atoms with E-state index in [0.29, 0.717) is 0 Å². The Bertz CT molecular complexity index is 90.6. The molecule has 0 amide bonds. The molecule has 1 fully saturated rings. The van der Waals surface area contributed by atoms with Crippen molar-refractivity contribution < 1.29 is 0 Å². The van der Waals surface area contributed by atoms with E-state index in [2.05, 4.69) is 12.2 Å². The van der Waals surface area contributed by atoms with Gasteiger partial charge in [-0.2, -0.15) is 0 Å². The smallest absolute Gasteiger partial charge is 0.0228 e. The molecule has 0 aromatic rings. The van der Waals surface area contributed by atoms with Crippen LogP contribution in [-0.4, -0.2) is 0 Å². The van der Waals surface area contributed by atoms with E-state index in [1.807, 2.05) is 0 Å². The molecule has 0 aromatic carbocycles. The Hall–Kier alpha value is -0.260. The van der Waals surface area contributed by atoms with E-state index < -0.39 is 0 Å². The van der Waals surface area contributed by atoms with E-state index in [0.717, 1.165) is 11.8 Å². The van der Waals surface area contributed by atoms with Crippen LogP contribution >= 0.6 is 0 Å². The predicted molar refractivity (Wildman–Crippen MR) is 30.0 cm³/mol. The summed E-state index contributed by atoms with van der Waals surface area (Å²) in [7, 11) is 0. The zero-order valence-corrected chi connectivity index (χ0v) is 4.43. The third-order valence-electron chi connectivity index (χ3n) is 2.17. The van der Waals surface area contributed by atoms with Gasteiger partial charge < -0.3 is 0 Å². The second kappa shape index (κ2) is 1.12. The first-order valence-corrected chi connectivity index (χ1v) is 3.13. The molecule has 1 saturated carbocycles. The number of hydrogen-bond acceptors (Lipinski definition) is 0. The summed E-state index contributed by atoms with van der Waals surface area (Å²) in [6, 6.07) is 0. The third kappa shape index (κ3) is 0.425. The van der Waals surface area contributed by atoms with E-state index in [-0.39, 0.29) is 0 Å². The largest absolute Gasteiger partial charge is 0.0851 e. The molecule has 38 valence electrons. The first-order chi connectivity index (χ1) is 3.45. The van der Waals surface area contributed by atoms with Crippen LogP contribution in [0.15, 0.2) is 12.2 Å². The van der Waals surface area contributed by atoms with Crippen molar-refractivity contribution in [2.75, 3.05) is 0 Å². The van der Waals surface area contributed by atoms with Gasteiger partial charge in [-0.15, -0.1) is 0 Å². The zero-order chi connectivity index (χ0) is 4.69. The molecular weight excluding hydrogens is 84.1 g/mol. The van der Waals surface area contributed by atoms with Crippen molar-refractivity contribution in [3.8, 4) is 0 Å². The summed E-state index contributed by atoms with van der Waals surface area (Å²) in [5.74, 6) is 1.98. The molecule has 0 nitrogen and oxygen atoms in total. The zero-order valence-electron chi connectivity index (χ0n) is 4.43. The molecule has 2 bridgehead atoms.